The summed E-state index contributed by atoms with van der Waals surface area (Å²) in [5, 5.41) is 0. The Hall–Kier alpha value is -1.26. The van der Waals surface area contributed by atoms with Crippen LogP contribution in [0, 0.1) is 17.8 Å². The minimum absolute atomic E-state index is 0.167. The number of benzene rings is 1. The monoisotopic (exact) mass is 185 g/mol. The van der Waals surface area contributed by atoms with Crippen molar-refractivity contribution >= 4 is 0 Å². The van der Waals surface area contributed by atoms with Gasteiger partial charge in [-0.15, -0.1) is 6.42 Å². The average molecular weight is 185 g/mol. The Bertz CT molecular complexity index is 411. The van der Waals surface area contributed by atoms with Gasteiger partial charge in [0.25, 0.3) is 0 Å². The standard InChI is InChI=1S/C13H15N/c1-4-10-6-5-7-11(8-10)13(14)9-12(13,2)3/h1,5-8H,9,14H2,2-3H3. The summed E-state index contributed by atoms with van der Waals surface area (Å²) in [4.78, 5) is 0. The average Bonchev–Trinajstić information content (AvgIpc) is 2.68. The van der Waals surface area contributed by atoms with Crippen molar-refractivity contribution in [3.8, 4) is 12.3 Å². The van der Waals surface area contributed by atoms with Crippen molar-refractivity contribution in [2.45, 2.75) is 25.8 Å². The largest absolute Gasteiger partial charge is 0.321 e. The first-order valence-electron chi connectivity index (χ1n) is 4.86. The number of hydrogen-bond donors (Lipinski definition) is 1. The molecule has 0 saturated heterocycles. The van der Waals surface area contributed by atoms with E-state index in [2.05, 4.69) is 25.8 Å². The second-order valence-corrected chi connectivity index (χ2v) is 4.76. The Morgan fingerprint density at radius 3 is 2.57 bits per heavy atom. The van der Waals surface area contributed by atoms with Gasteiger partial charge in [0, 0.05) is 11.1 Å². The zero-order chi connectivity index (χ0) is 10.4. The summed E-state index contributed by atoms with van der Waals surface area (Å²) >= 11 is 0. The van der Waals surface area contributed by atoms with Gasteiger partial charge < -0.3 is 5.73 Å². The quantitative estimate of drug-likeness (QED) is 0.667. The molecule has 0 aliphatic heterocycles. The van der Waals surface area contributed by atoms with E-state index in [1.54, 1.807) is 0 Å². The fourth-order valence-electron chi connectivity index (χ4n) is 2.03. The molecule has 0 aromatic heterocycles. The van der Waals surface area contributed by atoms with E-state index in [-0.39, 0.29) is 11.0 Å². The van der Waals surface area contributed by atoms with Gasteiger partial charge in [-0.2, -0.15) is 0 Å². The summed E-state index contributed by atoms with van der Waals surface area (Å²) in [5.74, 6) is 2.64. The lowest BCUT2D eigenvalue weighted by atomic mass is 9.96. The van der Waals surface area contributed by atoms with Gasteiger partial charge >= 0.3 is 0 Å². The van der Waals surface area contributed by atoms with Crippen LogP contribution in [0.3, 0.4) is 0 Å². The smallest absolute Gasteiger partial charge is 0.0468 e. The van der Waals surface area contributed by atoms with Crippen molar-refractivity contribution in [3.05, 3.63) is 35.4 Å². The first-order valence-corrected chi connectivity index (χ1v) is 4.86. The topological polar surface area (TPSA) is 26.0 Å². The molecule has 1 heteroatoms. The van der Waals surface area contributed by atoms with Crippen molar-refractivity contribution in [1.29, 1.82) is 0 Å². The zero-order valence-corrected chi connectivity index (χ0v) is 8.67. The molecule has 1 nitrogen and oxygen atoms in total. The number of rotatable bonds is 1. The fourth-order valence-corrected chi connectivity index (χ4v) is 2.03. The Morgan fingerprint density at radius 2 is 2.07 bits per heavy atom. The summed E-state index contributed by atoms with van der Waals surface area (Å²) < 4.78 is 0. The summed E-state index contributed by atoms with van der Waals surface area (Å²) in [7, 11) is 0. The van der Waals surface area contributed by atoms with Crippen molar-refractivity contribution < 1.29 is 0 Å². The lowest BCUT2D eigenvalue weighted by molar-refractivity contribution is 0.510. The van der Waals surface area contributed by atoms with Crippen LogP contribution in [-0.2, 0) is 5.54 Å². The third-order valence-electron chi connectivity index (χ3n) is 3.35. The van der Waals surface area contributed by atoms with Gasteiger partial charge in [-0.1, -0.05) is 31.9 Å². The second-order valence-electron chi connectivity index (χ2n) is 4.76. The van der Waals surface area contributed by atoms with Crippen LogP contribution in [0.4, 0.5) is 0 Å². The van der Waals surface area contributed by atoms with Crippen molar-refractivity contribution in [3.63, 3.8) is 0 Å². The van der Waals surface area contributed by atoms with Crippen molar-refractivity contribution in [2.24, 2.45) is 11.1 Å². The van der Waals surface area contributed by atoms with Gasteiger partial charge in [0.1, 0.15) is 0 Å². The molecule has 0 bridgehead atoms. The molecule has 1 fully saturated rings. The Kier molecular flexibility index (Phi) is 1.74. The molecule has 1 aliphatic carbocycles. The highest BCUT2D eigenvalue weighted by molar-refractivity contribution is 5.42. The maximum Gasteiger partial charge on any atom is 0.0468 e. The predicted molar refractivity (Wildman–Crippen MR) is 58.6 cm³/mol. The molecule has 1 saturated carbocycles. The van der Waals surface area contributed by atoms with Gasteiger partial charge in [-0.3, -0.25) is 0 Å². The lowest BCUT2D eigenvalue weighted by Gasteiger charge is -2.15. The van der Waals surface area contributed by atoms with E-state index in [9.17, 15) is 0 Å². The predicted octanol–water partition coefficient (Wildman–Crippen LogP) is 2.25. The number of hydrogen-bond acceptors (Lipinski definition) is 1. The third-order valence-corrected chi connectivity index (χ3v) is 3.35. The zero-order valence-electron chi connectivity index (χ0n) is 8.67. The minimum Gasteiger partial charge on any atom is -0.321 e. The van der Waals surface area contributed by atoms with Gasteiger partial charge in [0.05, 0.1) is 0 Å². The second kappa shape index (κ2) is 2.62. The summed E-state index contributed by atoms with van der Waals surface area (Å²) in [6.45, 7) is 4.38. The highest BCUT2D eigenvalue weighted by Crippen LogP contribution is 2.60. The normalized spacial score (nSPS) is 28.1. The van der Waals surface area contributed by atoms with Crippen LogP contribution in [-0.4, -0.2) is 0 Å². The highest BCUT2D eigenvalue weighted by atomic mass is 14.9. The Labute approximate surface area is 85.3 Å². The molecule has 2 rings (SSSR count). The van der Waals surface area contributed by atoms with Crippen molar-refractivity contribution in [2.75, 3.05) is 0 Å². The van der Waals surface area contributed by atoms with Crippen LogP contribution in [0.5, 0.6) is 0 Å². The molecular formula is C13H15N. The van der Waals surface area contributed by atoms with E-state index in [4.69, 9.17) is 12.2 Å². The number of terminal acetylenes is 1. The molecule has 1 unspecified atom stereocenters. The molecule has 1 aliphatic rings. The summed E-state index contributed by atoms with van der Waals surface area (Å²) in [6, 6.07) is 8.00. The van der Waals surface area contributed by atoms with E-state index >= 15 is 0 Å². The number of nitrogens with two attached hydrogens (primary N) is 1. The molecule has 0 spiro atoms. The van der Waals surface area contributed by atoms with E-state index in [1.807, 2.05) is 18.2 Å². The Morgan fingerprint density at radius 1 is 1.43 bits per heavy atom. The Balaban J connectivity index is 2.41. The molecule has 1 aromatic carbocycles. The van der Waals surface area contributed by atoms with Crippen LogP contribution >= 0.6 is 0 Å². The summed E-state index contributed by atoms with van der Waals surface area (Å²) in [6.07, 6.45) is 6.39. The molecule has 1 aromatic rings. The molecule has 0 radical (unpaired) electrons. The molecule has 14 heavy (non-hydrogen) atoms. The van der Waals surface area contributed by atoms with E-state index in [0.717, 1.165) is 17.5 Å². The van der Waals surface area contributed by atoms with E-state index in [0.29, 0.717) is 0 Å². The van der Waals surface area contributed by atoms with Crippen LogP contribution < -0.4 is 5.73 Å². The molecular weight excluding hydrogens is 170 g/mol. The lowest BCUT2D eigenvalue weighted by Crippen LogP contribution is -2.25. The van der Waals surface area contributed by atoms with Gasteiger partial charge in [0.15, 0.2) is 0 Å². The molecule has 0 heterocycles. The fraction of sp³-hybridized carbons (Fsp3) is 0.385. The highest BCUT2D eigenvalue weighted by Gasteiger charge is 2.59. The maximum absolute atomic E-state index is 6.30. The molecule has 0 amide bonds. The van der Waals surface area contributed by atoms with Gasteiger partial charge in [0.2, 0.25) is 0 Å². The van der Waals surface area contributed by atoms with Gasteiger partial charge in [-0.05, 0) is 29.5 Å². The van der Waals surface area contributed by atoms with Crippen LogP contribution in [0.25, 0.3) is 0 Å². The van der Waals surface area contributed by atoms with Crippen LogP contribution in [0.15, 0.2) is 24.3 Å². The first-order chi connectivity index (χ1) is 6.49. The minimum atomic E-state index is -0.167. The molecule has 72 valence electrons. The first kappa shape index (κ1) is 9.30. The SMILES string of the molecule is C#Cc1cccc(C2(N)CC2(C)C)c1. The van der Waals surface area contributed by atoms with E-state index < -0.39 is 0 Å². The summed E-state index contributed by atoms with van der Waals surface area (Å²) in [5.41, 5.74) is 8.42. The molecule has 1 atom stereocenters. The maximum atomic E-state index is 6.30. The van der Waals surface area contributed by atoms with Crippen LogP contribution in [0.2, 0.25) is 0 Å². The van der Waals surface area contributed by atoms with E-state index in [1.165, 1.54) is 0 Å². The van der Waals surface area contributed by atoms with Crippen LogP contribution in [0.1, 0.15) is 31.4 Å². The van der Waals surface area contributed by atoms with Gasteiger partial charge in [-0.25, -0.2) is 0 Å². The third kappa shape index (κ3) is 1.15. The molecule has 2 N–H and O–H groups in total. The van der Waals surface area contributed by atoms with Crippen molar-refractivity contribution in [1.82, 2.24) is 0 Å².